The van der Waals surface area contributed by atoms with E-state index in [0.717, 1.165) is 18.8 Å². The van der Waals surface area contributed by atoms with Gasteiger partial charge in [0.25, 0.3) is 0 Å². The number of rotatable bonds is 2. The molecule has 5 heteroatoms. The molecule has 0 radical (unpaired) electrons. The van der Waals surface area contributed by atoms with Gasteiger partial charge in [-0.3, -0.25) is 0 Å². The van der Waals surface area contributed by atoms with Gasteiger partial charge >= 0.3 is 6.01 Å². The zero-order valence-electron chi connectivity index (χ0n) is 8.47. The van der Waals surface area contributed by atoms with Gasteiger partial charge in [-0.05, 0) is 6.42 Å². The fourth-order valence-electron chi connectivity index (χ4n) is 1.50. The number of aliphatic hydroxyl groups excluding tert-OH is 1. The normalized spacial score (nSPS) is 22.3. The molecule has 1 aliphatic heterocycles. The molecular formula is C9H15N3O2. The van der Waals surface area contributed by atoms with Crippen LogP contribution in [0.15, 0.2) is 4.52 Å². The first-order valence-electron chi connectivity index (χ1n) is 4.93. The van der Waals surface area contributed by atoms with Gasteiger partial charge in [-0.25, -0.2) is 0 Å². The average molecular weight is 197 g/mol. The van der Waals surface area contributed by atoms with Crippen molar-refractivity contribution in [2.75, 3.05) is 18.0 Å². The molecule has 1 aromatic heterocycles. The van der Waals surface area contributed by atoms with Crippen molar-refractivity contribution >= 4 is 6.01 Å². The third-order valence-corrected chi connectivity index (χ3v) is 2.38. The minimum atomic E-state index is -0.260. The van der Waals surface area contributed by atoms with E-state index >= 15 is 0 Å². The van der Waals surface area contributed by atoms with E-state index in [1.807, 2.05) is 18.7 Å². The quantitative estimate of drug-likeness (QED) is 0.758. The van der Waals surface area contributed by atoms with Crippen molar-refractivity contribution in [2.45, 2.75) is 32.3 Å². The van der Waals surface area contributed by atoms with Crippen molar-refractivity contribution in [3.63, 3.8) is 0 Å². The highest BCUT2D eigenvalue weighted by Crippen LogP contribution is 2.20. The van der Waals surface area contributed by atoms with Gasteiger partial charge in [0, 0.05) is 19.0 Å². The van der Waals surface area contributed by atoms with Gasteiger partial charge in [0.2, 0.25) is 0 Å². The maximum Gasteiger partial charge on any atom is 0.324 e. The van der Waals surface area contributed by atoms with Crippen LogP contribution in [0, 0.1) is 0 Å². The first kappa shape index (κ1) is 9.45. The summed E-state index contributed by atoms with van der Waals surface area (Å²) in [5.74, 6) is 1.00. The molecule has 0 saturated carbocycles. The summed E-state index contributed by atoms with van der Waals surface area (Å²) in [7, 11) is 0. The van der Waals surface area contributed by atoms with E-state index in [4.69, 9.17) is 4.52 Å². The lowest BCUT2D eigenvalue weighted by atomic mass is 10.2. The topological polar surface area (TPSA) is 62.4 Å². The number of aromatic nitrogens is 2. The lowest BCUT2D eigenvalue weighted by Gasteiger charge is -2.09. The van der Waals surface area contributed by atoms with Gasteiger partial charge in [-0.2, -0.15) is 4.98 Å². The molecule has 1 unspecified atom stereocenters. The highest BCUT2D eigenvalue weighted by Gasteiger charge is 2.24. The standard InChI is InChI=1S/C9H15N3O2/c1-6(2)8-10-9(14-11-8)12-4-3-7(13)5-12/h6-7,13H,3-5H2,1-2H3. The Morgan fingerprint density at radius 1 is 1.57 bits per heavy atom. The highest BCUT2D eigenvalue weighted by atomic mass is 16.5. The number of hydrogen-bond donors (Lipinski definition) is 1. The molecule has 0 bridgehead atoms. The minimum absolute atomic E-state index is 0.260. The summed E-state index contributed by atoms with van der Waals surface area (Å²) in [6, 6.07) is 0.533. The smallest absolute Gasteiger partial charge is 0.324 e. The van der Waals surface area contributed by atoms with Crippen LogP contribution in [0.3, 0.4) is 0 Å². The van der Waals surface area contributed by atoms with Gasteiger partial charge < -0.3 is 14.5 Å². The van der Waals surface area contributed by atoms with Crippen molar-refractivity contribution in [1.29, 1.82) is 0 Å². The fraction of sp³-hybridized carbons (Fsp3) is 0.778. The molecule has 2 rings (SSSR count). The van der Waals surface area contributed by atoms with E-state index in [-0.39, 0.29) is 12.0 Å². The van der Waals surface area contributed by atoms with Crippen LogP contribution < -0.4 is 4.90 Å². The third kappa shape index (κ3) is 1.72. The van der Waals surface area contributed by atoms with Crippen molar-refractivity contribution in [2.24, 2.45) is 0 Å². The van der Waals surface area contributed by atoms with Crippen LogP contribution in [0.1, 0.15) is 32.0 Å². The van der Waals surface area contributed by atoms with Gasteiger partial charge in [-0.15, -0.1) is 0 Å². The molecule has 1 aromatic rings. The van der Waals surface area contributed by atoms with Gasteiger partial charge in [0.05, 0.1) is 6.10 Å². The van der Waals surface area contributed by atoms with E-state index < -0.39 is 0 Å². The Kier molecular flexibility index (Phi) is 2.41. The van der Waals surface area contributed by atoms with E-state index in [1.54, 1.807) is 0 Å². The molecule has 0 aliphatic carbocycles. The van der Waals surface area contributed by atoms with Gasteiger partial charge in [-0.1, -0.05) is 19.0 Å². The molecule has 78 valence electrons. The average Bonchev–Trinajstić information content (AvgIpc) is 2.70. The molecule has 1 atom stereocenters. The summed E-state index contributed by atoms with van der Waals surface area (Å²) >= 11 is 0. The maximum absolute atomic E-state index is 9.35. The summed E-state index contributed by atoms with van der Waals surface area (Å²) in [4.78, 5) is 6.18. The van der Waals surface area contributed by atoms with E-state index in [9.17, 15) is 5.11 Å². The minimum Gasteiger partial charge on any atom is -0.391 e. The molecule has 0 amide bonds. The number of nitrogens with zero attached hydrogens (tertiary/aromatic N) is 3. The second-order valence-corrected chi connectivity index (χ2v) is 3.98. The van der Waals surface area contributed by atoms with Crippen LogP contribution in [0.5, 0.6) is 0 Å². The Morgan fingerprint density at radius 2 is 2.36 bits per heavy atom. The van der Waals surface area contributed by atoms with E-state index in [0.29, 0.717) is 12.6 Å². The maximum atomic E-state index is 9.35. The largest absolute Gasteiger partial charge is 0.391 e. The molecule has 1 aliphatic rings. The van der Waals surface area contributed by atoms with Crippen LogP contribution in [0.4, 0.5) is 6.01 Å². The number of anilines is 1. The highest BCUT2D eigenvalue weighted by molar-refractivity contribution is 5.27. The van der Waals surface area contributed by atoms with Crippen molar-refractivity contribution in [1.82, 2.24) is 10.1 Å². The van der Waals surface area contributed by atoms with Crippen LogP contribution in [-0.2, 0) is 0 Å². The molecule has 2 heterocycles. The Labute approximate surface area is 82.7 Å². The second-order valence-electron chi connectivity index (χ2n) is 3.98. The Morgan fingerprint density at radius 3 is 2.86 bits per heavy atom. The molecular weight excluding hydrogens is 182 g/mol. The van der Waals surface area contributed by atoms with Crippen LogP contribution in [0.2, 0.25) is 0 Å². The second kappa shape index (κ2) is 3.57. The monoisotopic (exact) mass is 197 g/mol. The van der Waals surface area contributed by atoms with Gasteiger partial charge in [0.1, 0.15) is 0 Å². The molecule has 1 saturated heterocycles. The summed E-state index contributed by atoms with van der Waals surface area (Å²) < 4.78 is 5.11. The van der Waals surface area contributed by atoms with Crippen LogP contribution >= 0.6 is 0 Å². The summed E-state index contributed by atoms with van der Waals surface area (Å²) in [6.07, 6.45) is 0.517. The van der Waals surface area contributed by atoms with Crippen LogP contribution in [-0.4, -0.2) is 34.4 Å². The molecule has 1 N–H and O–H groups in total. The SMILES string of the molecule is CC(C)c1noc(N2CCC(O)C2)n1. The molecule has 5 nitrogen and oxygen atoms in total. The van der Waals surface area contributed by atoms with Crippen molar-refractivity contribution in [3.05, 3.63) is 5.82 Å². The zero-order valence-corrected chi connectivity index (χ0v) is 8.47. The van der Waals surface area contributed by atoms with Crippen molar-refractivity contribution in [3.8, 4) is 0 Å². The molecule has 1 fully saturated rings. The Bertz CT molecular complexity index is 311. The first-order valence-corrected chi connectivity index (χ1v) is 4.93. The first-order chi connectivity index (χ1) is 6.66. The Hall–Kier alpha value is -1.10. The summed E-state index contributed by atoms with van der Waals surface area (Å²) in [6.45, 7) is 5.43. The van der Waals surface area contributed by atoms with Gasteiger partial charge in [0.15, 0.2) is 5.82 Å². The predicted molar refractivity (Wildman–Crippen MR) is 51.2 cm³/mol. The summed E-state index contributed by atoms with van der Waals surface area (Å²) in [5, 5.41) is 13.2. The van der Waals surface area contributed by atoms with E-state index in [1.165, 1.54) is 0 Å². The number of aliphatic hydroxyl groups is 1. The lowest BCUT2D eigenvalue weighted by Crippen LogP contribution is -2.21. The lowest BCUT2D eigenvalue weighted by molar-refractivity contribution is 0.197. The predicted octanol–water partition coefficient (Wildman–Crippen LogP) is 0.764. The third-order valence-electron chi connectivity index (χ3n) is 2.38. The van der Waals surface area contributed by atoms with Crippen molar-refractivity contribution < 1.29 is 9.63 Å². The molecule has 0 spiro atoms. The fourth-order valence-corrected chi connectivity index (χ4v) is 1.50. The molecule has 0 aromatic carbocycles. The zero-order chi connectivity index (χ0) is 10.1. The van der Waals surface area contributed by atoms with Crippen LogP contribution in [0.25, 0.3) is 0 Å². The Balaban J connectivity index is 2.09. The molecule has 14 heavy (non-hydrogen) atoms. The van der Waals surface area contributed by atoms with E-state index in [2.05, 4.69) is 10.1 Å². The summed E-state index contributed by atoms with van der Waals surface area (Å²) in [5.41, 5.74) is 0. The number of hydrogen-bond acceptors (Lipinski definition) is 5. The number of β-amino-alcohol motifs (C(OH)–C–C–N with tert-alkyl or cyclic N) is 1.